The molecular formula is C17H27NO. The first-order valence-electron chi connectivity index (χ1n) is 7.47. The van der Waals surface area contributed by atoms with Crippen LogP contribution in [0.15, 0.2) is 24.3 Å². The highest BCUT2D eigenvalue weighted by atomic mass is 16.5. The van der Waals surface area contributed by atoms with E-state index in [0.717, 1.165) is 12.4 Å². The number of nitrogens with one attached hydrogen (secondary N) is 1. The van der Waals surface area contributed by atoms with Crippen LogP contribution in [0.1, 0.15) is 47.0 Å². The van der Waals surface area contributed by atoms with Gasteiger partial charge in [-0.1, -0.05) is 40.2 Å². The molecule has 1 fully saturated rings. The lowest BCUT2D eigenvalue weighted by Gasteiger charge is -2.28. The van der Waals surface area contributed by atoms with Crippen LogP contribution in [0, 0.1) is 11.3 Å². The lowest BCUT2D eigenvalue weighted by molar-refractivity contribution is 0.271. The van der Waals surface area contributed by atoms with Gasteiger partial charge in [-0.15, -0.1) is 0 Å². The van der Waals surface area contributed by atoms with E-state index in [0.29, 0.717) is 17.4 Å². The van der Waals surface area contributed by atoms with Gasteiger partial charge in [0, 0.05) is 17.8 Å². The fraction of sp³-hybridized carbons (Fsp3) is 0.647. The van der Waals surface area contributed by atoms with E-state index in [9.17, 15) is 0 Å². The molecule has 0 heterocycles. The van der Waals surface area contributed by atoms with Crippen LogP contribution in [0.25, 0.3) is 0 Å². The van der Waals surface area contributed by atoms with Crippen molar-refractivity contribution in [2.75, 3.05) is 11.9 Å². The Kier molecular flexibility index (Phi) is 4.38. The van der Waals surface area contributed by atoms with Crippen LogP contribution in [-0.4, -0.2) is 12.6 Å². The molecule has 0 spiro atoms. The molecule has 2 nitrogen and oxygen atoms in total. The SMILES string of the molecule is CC(C)COc1cccc(NC2CCCC2(C)C)c1. The molecule has 2 rings (SSSR count). The first-order valence-corrected chi connectivity index (χ1v) is 7.47. The Morgan fingerprint density at radius 2 is 2.16 bits per heavy atom. The number of benzene rings is 1. The van der Waals surface area contributed by atoms with Gasteiger partial charge in [0.2, 0.25) is 0 Å². The van der Waals surface area contributed by atoms with Crippen LogP contribution in [0.2, 0.25) is 0 Å². The second-order valence-corrected chi connectivity index (χ2v) is 6.81. The summed E-state index contributed by atoms with van der Waals surface area (Å²) < 4.78 is 5.78. The molecule has 0 bridgehead atoms. The minimum absolute atomic E-state index is 0.398. The third-order valence-corrected chi connectivity index (χ3v) is 4.02. The van der Waals surface area contributed by atoms with Crippen LogP contribution in [0.4, 0.5) is 5.69 Å². The Labute approximate surface area is 117 Å². The molecule has 1 aliphatic rings. The minimum Gasteiger partial charge on any atom is -0.493 e. The van der Waals surface area contributed by atoms with Gasteiger partial charge in [0.25, 0.3) is 0 Å². The lowest BCUT2D eigenvalue weighted by Crippen LogP contribution is -2.30. The first-order chi connectivity index (χ1) is 8.97. The van der Waals surface area contributed by atoms with Gasteiger partial charge in [0.1, 0.15) is 5.75 Å². The van der Waals surface area contributed by atoms with E-state index in [1.54, 1.807) is 0 Å². The van der Waals surface area contributed by atoms with Gasteiger partial charge in [-0.3, -0.25) is 0 Å². The molecule has 0 aliphatic heterocycles. The monoisotopic (exact) mass is 261 g/mol. The largest absolute Gasteiger partial charge is 0.493 e. The highest BCUT2D eigenvalue weighted by Crippen LogP contribution is 2.39. The Morgan fingerprint density at radius 3 is 2.79 bits per heavy atom. The van der Waals surface area contributed by atoms with Crippen molar-refractivity contribution in [1.82, 2.24) is 0 Å². The summed E-state index contributed by atoms with van der Waals surface area (Å²) >= 11 is 0. The topological polar surface area (TPSA) is 21.3 Å². The van der Waals surface area contributed by atoms with Crippen LogP contribution in [0.3, 0.4) is 0 Å². The van der Waals surface area contributed by atoms with E-state index in [4.69, 9.17) is 4.74 Å². The molecule has 1 unspecified atom stereocenters. The molecule has 0 aromatic heterocycles. The molecule has 1 N–H and O–H groups in total. The van der Waals surface area contributed by atoms with Gasteiger partial charge in [0.15, 0.2) is 0 Å². The predicted molar refractivity (Wildman–Crippen MR) is 81.8 cm³/mol. The molecule has 1 aliphatic carbocycles. The van der Waals surface area contributed by atoms with Gasteiger partial charge >= 0.3 is 0 Å². The first kappa shape index (κ1) is 14.2. The maximum atomic E-state index is 5.78. The molecule has 0 saturated heterocycles. The van der Waals surface area contributed by atoms with Gasteiger partial charge in [-0.2, -0.15) is 0 Å². The van der Waals surface area contributed by atoms with Crippen molar-refractivity contribution in [2.45, 2.75) is 53.0 Å². The smallest absolute Gasteiger partial charge is 0.121 e. The second-order valence-electron chi connectivity index (χ2n) is 6.81. The van der Waals surface area contributed by atoms with E-state index in [-0.39, 0.29) is 0 Å². The predicted octanol–water partition coefficient (Wildman–Crippen LogP) is 4.71. The zero-order chi connectivity index (χ0) is 13.9. The highest BCUT2D eigenvalue weighted by Gasteiger charge is 2.34. The molecule has 19 heavy (non-hydrogen) atoms. The van der Waals surface area contributed by atoms with Gasteiger partial charge in [-0.25, -0.2) is 0 Å². The van der Waals surface area contributed by atoms with Gasteiger partial charge in [-0.05, 0) is 36.3 Å². The number of hydrogen-bond donors (Lipinski definition) is 1. The summed E-state index contributed by atoms with van der Waals surface area (Å²) in [6.07, 6.45) is 3.91. The Balaban J connectivity index is 1.99. The number of anilines is 1. The zero-order valence-electron chi connectivity index (χ0n) is 12.7. The van der Waals surface area contributed by atoms with Crippen molar-refractivity contribution in [3.63, 3.8) is 0 Å². The van der Waals surface area contributed by atoms with Gasteiger partial charge in [0.05, 0.1) is 6.61 Å². The molecule has 0 amide bonds. The van der Waals surface area contributed by atoms with Crippen molar-refractivity contribution in [3.05, 3.63) is 24.3 Å². The molecule has 1 atom stereocenters. The molecule has 2 heteroatoms. The summed E-state index contributed by atoms with van der Waals surface area (Å²) in [5.41, 5.74) is 1.58. The van der Waals surface area contributed by atoms with Crippen molar-refractivity contribution in [3.8, 4) is 5.75 Å². The number of rotatable bonds is 5. The fourth-order valence-electron chi connectivity index (χ4n) is 2.73. The summed E-state index contributed by atoms with van der Waals surface area (Å²) in [7, 11) is 0. The molecular weight excluding hydrogens is 234 g/mol. The van der Waals surface area contributed by atoms with Crippen molar-refractivity contribution in [1.29, 1.82) is 0 Å². The Morgan fingerprint density at radius 1 is 1.37 bits per heavy atom. The van der Waals surface area contributed by atoms with E-state index in [2.05, 4.69) is 51.2 Å². The highest BCUT2D eigenvalue weighted by molar-refractivity contribution is 5.49. The van der Waals surface area contributed by atoms with E-state index >= 15 is 0 Å². The average molecular weight is 261 g/mol. The fourth-order valence-corrected chi connectivity index (χ4v) is 2.73. The minimum atomic E-state index is 0.398. The third-order valence-electron chi connectivity index (χ3n) is 4.02. The molecule has 1 saturated carbocycles. The summed E-state index contributed by atoms with van der Waals surface area (Å²) in [6, 6.07) is 8.94. The van der Waals surface area contributed by atoms with E-state index in [1.165, 1.54) is 24.9 Å². The zero-order valence-corrected chi connectivity index (χ0v) is 12.7. The van der Waals surface area contributed by atoms with E-state index in [1.807, 2.05) is 6.07 Å². The average Bonchev–Trinajstić information content (AvgIpc) is 2.67. The van der Waals surface area contributed by atoms with Crippen LogP contribution < -0.4 is 10.1 Å². The summed E-state index contributed by atoms with van der Waals surface area (Å²) in [4.78, 5) is 0. The molecule has 1 aromatic carbocycles. The van der Waals surface area contributed by atoms with Crippen LogP contribution >= 0.6 is 0 Å². The van der Waals surface area contributed by atoms with Gasteiger partial charge < -0.3 is 10.1 Å². The molecule has 106 valence electrons. The number of hydrogen-bond acceptors (Lipinski definition) is 2. The summed E-state index contributed by atoms with van der Waals surface area (Å²) in [5, 5.41) is 3.68. The van der Waals surface area contributed by atoms with Crippen molar-refractivity contribution < 1.29 is 4.74 Å². The van der Waals surface area contributed by atoms with Crippen molar-refractivity contribution in [2.24, 2.45) is 11.3 Å². The molecule has 1 aromatic rings. The molecule has 0 radical (unpaired) electrons. The second kappa shape index (κ2) is 5.85. The summed E-state index contributed by atoms with van der Waals surface area (Å²) in [6.45, 7) is 9.83. The normalized spacial score (nSPS) is 21.6. The number of ether oxygens (including phenoxy) is 1. The van der Waals surface area contributed by atoms with Crippen LogP contribution in [0.5, 0.6) is 5.75 Å². The maximum absolute atomic E-state index is 5.78. The van der Waals surface area contributed by atoms with Crippen molar-refractivity contribution >= 4 is 5.69 Å². The standard InChI is InChI=1S/C17H27NO/c1-13(2)12-19-15-8-5-7-14(11-15)18-16-9-6-10-17(16,3)4/h5,7-8,11,13,16,18H,6,9-10,12H2,1-4H3. The Hall–Kier alpha value is -1.18. The Bertz CT molecular complexity index is 411. The van der Waals surface area contributed by atoms with Crippen LogP contribution in [-0.2, 0) is 0 Å². The van der Waals surface area contributed by atoms with E-state index < -0.39 is 0 Å². The quantitative estimate of drug-likeness (QED) is 0.828. The lowest BCUT2D eigenvalue weighted by atomic mass is 9.87. The summed E-state index contributed by atoms with van der Waals surface area (Å²) in [5.74, 6) is 1.53. The third kappa shape index (κ3) is 3.89. The maximum Gasteiger partial charge on any atom is 0.121 e.